The van der Waals surface area contributed by atoms with E-state index < -0.39 is 0 Å². The Balaban J connectivity index is 1.49. The minimum Gasteiger partial charge on any atom is -0.439 e. The van der Waals surface area contributed by atoms with Crippen LogP contribution in [0.15, 0.2) is 58.1 Å². The maximum absolute atomic E-state index is 13.2. The summed E-state index contributed by atoms with van der Waals surface area (Å²) < 4.78 is 19.0. The van der Waals surface area contributed by atoms with E-state index in [1.54, 1.807) is 19.3 Å². The molecular formula is C22H25FN4O. The van der Waals surface area contributed by atoms with E-state index in [9.17, 15) is 4.39 Å². The van der Waals surface area contributed by atoms with Gasteiger partial charge in [-0.1, -0.05) is 35.9 Å². The van der Waals surface area contributed by atoms with Crippen LogP contribution in [0.2, 0.25) is 0 Å². The van der Waals surface area contributed by atoms with Gasteiger partial charge in [0.1, 0.15) is 5.82 Å². The second-order valence-corrected chi connectivity index (χ2v) is 6.66. The van der Waals surface area contributed by atoms with Crippen LogP contribution in [0, 0.1) is 19.7 Å². The summed E-state index contributed by atoms with van der Waals surface area (Å²) in [4.78, 5) is 8.53. The predicted molar refractivity (Wildman–Crippen MR) is 110 cm³/mol. The maximum Gasteiger partial charge on any atom is 0.214 e. The molecule has 0 aliphatic rings. The Hall–Kier alpha value is -3.15. The van der Waals surface area contributed by atoms with Crippen molar-refractivity contribution in [1.82, 2.24) is 15.6 Å². The molecule has 0 atom stereocenters. The van der Waals surface area contributed by atoms with Gasteiger partial charge in [-0.05, 0) is 43.5 Å². The van der Waals surface area contributed by atoms with Gasteiger partial charge in [-0.25, -0.2) is 9.37 Å². The lowest BCUT2D eigenvalue weighted by atomic mass is 10.1. The topological polar surface area (TPSA) is 62.5 Å². The third kappa shape index (κ3) is 5.19. The third-order valence-electron chi connectivity index (χ3n) is 4.51. The fraction of sp³-hybridized carbons (Fsp3) is 0.273. The molecule has 28 heavy (non-hydrogen) atoms. The molecule has 0 saturated carbocycles. The second kappa shape index (κ2) is 9.17. The molecule has 3 rings (SSSR count). The Morgan fingerprint density at radius 1 is 1.11 bits per heavy atom. The summed E-state index contributed by atoms with van der Waals surface area (Å²) in [6.45, 7) is 5.09. The molecule has 6 heteroatoms. The van der Waals surface area contributed by atoms with E-state index >= 15 is 0 Å². The first-order valence-electron chi connectivity index (χ1n) is 9.26. The van der Waals surface area contributed by atoms with Gasteiger partial charge < -0.3 is 15.1 Å². The van der Waals surface area contributed by atoms with Gasteiger partial charge in [0, 0.05) is 19.2 Å². The number of rotatable bonds is 6. The molecule has 1 heterocycles. The minimum atomic E-state index is -0.206. The maximum atomic E-state index is 13.2. The molecule has 1 aromatic heterocycles. The van der Waals surface area contributed by atoms with Crippen molar-refractivity contribution in [2.45, 2.75) is 26.8 Å². The fourth-order valence-corrected chi connectivity index (χ4v) is 2.88. The van der Waals surface area contributed by atoms with Gasteiger partial charge in [-0.15, -0.1) is 0 Å². The van der Waals surface area contributed by atoms with E-state index in [0.29, 0.717) is 24.9 Å². The van der Waals surface area contributed by atoms with Gasteiger partial charge in [-0.3, -0.25) is 4.99 Å². The molecule has 3 aromatic rings. The van der Waals surface area contributed by atoms with Crippen molar-refractivity contribution in [2.75, 3.05) is 13.6 Å². The van der Waals surface area contributed by atoms with E-state index in [4.69, 9.17) is 4.42 Å². The summed E-state index contributed by atoms with van der Waals surface area (Å²) in [7, 11) is 1.71. The number of nitrogens with one attached hydrogen (secondary N) is 2. The Morgan fingerprint density at radius 3 is 2.61 bits per heavy atom. The number of aliphatic imine (C=N–C) groups is 1. The molecule has 0 spiro atoms. The Labute approximate surface area is 164 Å². The normalized spacial score (nSPS) is 11.5. The van der Waals surface area contributed by atoms with Crippen LogP contribution in [0.5, 0.6) is 0 Å². The standard InChI is InChI=1S/C22H25FN4O/c1-15-4-6-18(7-5-15)20-13-26-21(28-20)14-27-22(24-3)25-11-10-17-8-9-19(23)12-16(17)2/h4-9,12-13H,10-11,14H2,1-3H3,(H2,24,25,27). The smallest absolute Gasteiger partial charge is 0.214 e. The van der Waals surface area contributed by atoms with Gasteiger partial charge in [0.05, 0.1) is 12.7 Å². The first-order chi connectivity index (χ1) is 13.5. The summed E-state index contributed by atoms with van der Waals surface area (Å²) >= 11 is 0. The number of hydrogen-bond donors (Lipinski definition) is 2. The predicted octanol–water partition coefficient (Wildman–Crippen LogP) is 4.01. The van der Waals surface area contributed by atoms with Crippen LogP contribution in [0.1, 0.15) is 22.6 Å². The minimum absolute atomic E-state index is 0.206. The molecule has 2 aromatic carbocycles. The zero-order chi connectivity index (χ0) is 19.9. The van der Waals surface area contributed by atoms with Crippen molar-refractivity contribution < 1.29 is 8.81 Å². The Morgan fingerprint density at radius 2 is 1.89 bits per heavy atom. The quantitative estimate of drug-likeness (QED) is 0.501. The van der Waals surface area contributed by atoms with Crippen LogP contribution in [-0.4, -0.2) is 24.5 Å². The zero-order valence-electron chi connectivity index (χ0n) is 16.4. The number of aromatic nitrogens is 1. The number of nitrogens with zero attached hydrogens (tertiary/aromatic N) is 2. The third-order valence-corrected chi connectivity index (χ3v) is 4.51. The van der Waals surface area contributed by atoms with E-state index in [1.807, 2.05) is 37.3 Å². The summed E-state index contributed by atoms with van der Waals surface area (Å²) in [5.74, 6) is 1.79. The van der Waals surface area contributed by atoms with E-state index in [1.165, 1.54) is 11.6 Å². The number of benzene rings is 2. The number of oxazole rings is 1. The van der Waals surface area contributed by atoms with Crippen molar-refractivity contribution in [1.29, 1.82) is 0 Å². The van der Waals surface area contributed by atoms with Crippen LogP contribution in [0.3, 0.4) is 0 Å². The average molecular weight is 380 g/mol. The van der Waals surface area contributed by atoms with Crippen LogP contribution in [-0.2, 0) is 13.0 Å². The lowest BCUT2D eigenvalue weighted by Crippen LogP contribution is -2.38. The molecule has 0 aliphatic heterocycles. The molecule has 0 fully saturated rings. The van der Waals surface area contributed by atoms with Crippen LogP contribution in [0.25, 0.3) is 11.3 Å². The molecule has 0 radical (unpaired) electrons. The van der Waals surface area contributed by atoms with E-state index in [-0.39, 0.29) is 5.82 Å². The highest BCUT2D eigenvalue weighted by Crippen LogP contribution is 2.20. The van der Waals surface area contributed by atoms with Crippen LogP contribution >= 0.6 is 0 Å². The number of guanidine groups is 1. The van der Waals surface area contributed by atoms with Gasteiger partial charge in [0.2, 0.25) is 5.89 Å². The first-order valence-corrected chi connectivity index (χ1v) is 9.26. The molecule has 146 valence electrons. The highest BCUT2D eigenvalue weighted by Gasteiger charge is 2.07. The lowest BCUT2D eigenvalue weighted by Gasteiger charge is -2.11. The second-order valence-electron chi connectivity index (χ2n) is 6.66. The summed E-state index contributed by atoms with van der Waals surface area (Å²) in [6, 6.07) is 13.0. The lowest BCUT2D eigenvalue weighted by molar-refractivity contribution is 0.497. The van der Waals surface area contributed by atoms with Crippen molar-refractivity contribution in [2.24, 2.45) is 4.99 Å². The molecule has 0 aliphatic carbocycles. The SMILES string of the molecule is CN=C(NCCc1ccc(F)cc1C)NCc1ncc(-c2ccc(C)cc2)o1. The number of hydrogen-bond acceptors (Lipinski definition) is 3. The van der Waals surface area contributed by atoms with Crippen molar-refractivity contribution >= 4 is 5.96 Å². The van der Waals surface area contributed by atoms with Crippen molar-refractivity contribution in [3.05, 3.63) is 77.1 Å². The van der Waals surface area contributed by atoms with E-state index in [2.05, 4.69) is 27.5 Å². The number of aryl methyl sites for hydroxylation is 2. The fourth-order valence-electron chi connectivity index (χ4n) is 2.88. The molecule has 0 saturated heterocycles. The van der Waals surface area contributed by atoms with Gasteiger partial charge in [0.25, 0.3) is 0 Å². The number of halogens is 1. The monoisotopic (exact) mass is 380 g/mol. The molecular weight excluding hydrogens is 355 g/mol. The summed E-state index contributed by atoms with van der Waals surface area (Å²) in [5.41, 5.74) is 4.27. The van der Waals surface area contributed by atoms with Crippen LogP contribution in [0.4, 0.5) is 4.39 Å². The molecule has 0 bridgehead atoms. The largest absolute Gasteiger partial charge is 0.439 e. The highest BCUT2D eigenvalue weighted by atomic mass is 19.1. The Bertz CT molecular complexity index is 947. The Kier molecular flexibility index (Phi) is 6.42. The van der Waals surface area contributed by atoms with Crippen molar-refractivity contribution in [3.63, 3.8) is 0 Å². The highest BCUT2D eigenvalue weighted by molar-refractivity contribution is 5.79. The summed E-state index contributed by atoms with van der Waals surface area (Å²) in [5, 5.41) is 6.44. The summed E-state index contributed by atoms with van der Waals surface area (Å²) in [6.07, 6.45) is 2.51. The average Bonchev–Trinajstić information content (AvgIpc) is 3.15. The van der Waals surface area contributed by atoms with E-state index in [0.717, 1.165) is 28.9 Å². The first kappa shape index (κ1) is 19.6. The van der Waals surface area contributed by atoms with Crippen molar-refractivity contribution in [3.8, 4) is 11.3 Å². The van der Waals surface area contributed by atoms with Gasteiger partial charge >= 0.3 is 0 Å². The van der Waals surface area contributed by atoms with Gasteiger partial charge in [0.15, 0.2) is 11.7 Å². The molecule has 0 unspecified atom stereocenters. The van der Waals surface area contributed by atoms with Crippen LogP contribution < -0.4 is 10.6 Å². The van der Waals surface area contributed by atoms with Gasteiger partial charge in [-0.2, -0.15) is 0 Å². The molecule has 5 nitrogen and oxygen atoms in total. The molecule has 0 amide bonds. The molecule has 2 N–H and O–H groups in total. The zero-order valence-corrected chi connectivity index (χ0v) is 16.4.